The summed E-state index contributed by atoms with van der Waals surface area (Å²) in [6, 6.07) is 2.98. The molecule has 25 heavy (non-hydrogen) atoms. The molecule has 0 radical (unpaired) electrons. The van der Waals surface area contributed by atoms with Crippen LogP contribution >= 0.6 is 11.3 Å². The van der Waals surface area contributed by atoms with Crippen LogP contribution in [0, 0.1) is 5.21 Å². The molecule has 0 N–H and O–H groups in total. The molecule has 3 rings (SSSR count). The Hall–Kier alpha value is -2.15. The molecule has 1 aliphatic heterocycles. The van der Waals surface area contributed by atoms with Crippen molar-refractivity contribution < 1.29 is 22.7 Å². The van der Waals surface area contributed by atoms with Gasteiger partial charge < -0.3 is 9.94 Å². The molecule has 8 nitrogen and oxygen atoms in total. The smallest absolute Gasteiger partial charge is 0.445 e. The molecule has 0 aliphatic carbocycles. The molecule has 2 aromatic heterocycles. The quantitative estimate of drug-likeness (QED) is 0.459. The number of pyridine rings is 1. The number of halogens is 3. The molecule has 134 valence electrons. The van der Waals surface area contributed by atoms with Crippen LogP contribution < -0.4 is 4.65 Å². The van der Waals surface area contributed by atoms with Crippen molar-refractivity contribution >= 4 is 22.4 Å². The molecule has 2 aromatic rings. The predicted octanol–water partition coefficient (Wildman–Crippen LogP) is 1.84. The second-order valence-electron chi connectivity index (χ2n) is 5.46. The van der Waals surface area contributed by atoms with Gasteiger partial charge in [0.2, 0.25) is 5.01 Å². The van der Waals surface area contributed by atoms with Crippen molar-refractivity contribution in [1.82, 2.24) is 24.7 Å². The van der Waals surface area contributed by atoms with Gasteiger partial charge in [0.25, 0.3) is 6.23 Å². The summed E-state index contributed by atoms with van der Waals surface area (Å²) in [6.45, 7) is -0.159. The number of rotatable bonds is 3. The second-order valence-corrected chi connectivity index (χ2v) is 6.42. The zero-order valence-electron chi connectivity index (χ0n) is 12.8. The number of ether oxygens (including phenoxy) is 1. The number of alkyl halides is 3. The van der Waals surface area contributed by atoms with E-state index in [1.165, 1.54) is 24.5 Å². The lowest BCUT2D eigenvalue weighted by Crippen LogP contribution is -2.50. The Morgan fingerprint density at radius 3 is 2.84 bits per heavy atom. The third kappa shape index (κ3) is 3.46. The Morgan fingerprint density at radius 1 is 1.48 bits per heavy atom. The maximum atomic E-state index is 13.1. The molecule has 0 saturated carbocycles. The lowest BCUT2D eigenvalue weighted by Gasteiger charge is -2.38. The van der Waals surface area contributed by atoms with Crippen molar-refractivity contribution in [2.45, 2.75) is 12.4 Å². The number of hydroxylamine groups is 2. The normalized spacial score (nSPS) is 24.4. The summed E-state index contributed by atoms with van der Waals surface area (Å²) in [4.78, 5) is 17.5. The van der Waals surface area contributed by atoms with Crippen LogP contribution in [0.2, 0.25) is 0 Å². The Kier molecular flexibility index (Phi) is 4.45. The fraction of sp³-hybridized carbons (Fsp3) is 0.385. The lowest BCUT2D eigenvalue weighted by atomic mass is 10.3. The van der Waals surface area contributed by atoms with Gasteiger partial charge in [-0.25, -0.2) is 9.69 Å². The van der Waals surface area contributed by atoms with Crippen LogP contribution in [0.3, 0.4) is 0 Å². The number of hydrogen-bond donors (Lipinski definition) is 0. The number of esters is 1. The molecule has 0 aromatic carbocycles. The summed E-state index contributed by atoms with van der Waals surface area (Å²) >= 11 is 0.147. The standard InChI is InChI=1S/C13H12F3N5O3S/c1-20-6-9(24-10(22)8-3-2-4-17-5-8)21(23,7-20)12-19-18-11(25-12)13(14,15)16/h2-5,9H,6-7H2,1H3. The molecule has 1 fully saturated rings. The lowest BCUT2D eigenvalue weighted by molar-refractivity contribution is -0.138. The van der Waals surface area contributed by atoms with E-state index in [-0.39, 0.29) is 30.1 Å². The Balaban J connectivity index is 1.85. The van der Waals surface area contributed by atoms with Crippen molar-refractivity contribution in [3.63, 3.8) is 0 Å². The number of likely N-dealkylation sites (N-methyl/N-ethyl adjacent to an activating group) is 1. The highest BCUT2D eigenvalue weighted by Crippen LogP contribution is 2.39. The average molecular weight is 375 g/mol. The van der Waals surface area contributed by atoms with Crippen molar-refractivity contribution in [3.05, 3.63) is 40.3 Å². The minimum Gasteiger partial charge on any atom is -0.622 e. The molecule has 0 amide bonds. The van der Waals surface area contributed by atoms with E-state index >= 15 is 0 Å². The first-order valence-electron chi connectivity index (χ1n) is 7.00. The van der Waals surface area contributed by atoms with Crippen molar-refractivity contribution in [3.8, 4) is 0 Å². The summed E-state index contributed by atoms with van der Waals surface area (Å²) in [5, 5.41) is 17.9. The highest BCUT2D eigenvalue weighted by molar-refractivity contribution is 7.15. The van der Waals surface area contributed by atoms with Crippen LogP contribution in [0.5, 0.6) is 0 Å². The first-order chi connectivity index (χ1) is 11.7. The number of aromatic nitrogens is 3. The van der Waals surface area contributed by atoms with Gasteiger partial charge in [-0.2, -0.15) is 13.2 Å². The number of nitrogens with zero attached hydrogens (tertiary/aromatic N) is 5. The molecular weight excluding hydrogens is 363 g/mol. The fourth-order valence-corrected chi connectivity index (χ4v) is 3.15. The molecule has 0 spiro atoms. The van der Waals surface area contributed by atoms with Crippen molar-refractivity contribution in [1.29, 1.82) is 0 Å². The first kappa shape index (κ1) is 17.7. The van der Waals surface area contributed by atoms with Crippen LogP contribution in [-0.2, 0) is 10.9 Å². The van der Waals surface area contributed by atoms with Gasteiger partial charge in [-0.1, -0.05) is 5.10 Å². The van der Waals surface area contributed by atoms with Crippen molar-refractivity contribution in [2.75, 3.05) is 20.3 Å². The third-order valence-corrected chi connectivity index (χ3v) is 4.59. The predicted molar refractivity (Wildman–Crippen MR) is 81.0 cm³/mol. The highest BCUT2D eigenvalue weighted by atomic mass is 32.1. The van der Waals surface area contributed by atoms with E-state index in [9.17, 15) is 23.2 Å². The number of hydrogen-bond acceptors (Lipinski definition) is 8. The maximum absolute atomic E-state index is 13.1. The molecule has 3 heterocycles. The largest absolute Gasteiger partial charge is 0.622 e. The van der Waals surface area contributed by atoms with E-state index in [4.69, 9.17) is 4.74 Å². The topological polar surface area (TPSA) is 91.3 Å². The van der Waals surface area contributed by atoms with Gasteiger partial charge in [0.05, 0.1) is 12.1 Å². The fourth-order valence-electron chi connectivity index (χ4n) is 2.37. The summed E-state index contributed by atoms with van der Waals surface area (Å²) in [5.41, 5.74) is 0.136. The Morgan fingerprint density at radius 2 is 2.24 bits per heavy atom. The van der Waals surface area contributed by atoms with E-state index in [2.05, 4.69) is 15.2 Å². The van der Waals surface area contributed by atoms with Crippen LogP contribution in [0.15, 0.2) is 24.5 Å². The first-order valence-corrected chi connectivity index (χ1v) is 7.81. The van der Waals surface area contributed by atoms with Crippen LogP contribution in [0.25, 0.3) is 0 Å². The molecular formula is C13H12F3N5O3S. The molecule has 2 atom stereocenters. The molecule has 12 heteroatoms. The second kappa shape index (κ2) is 6.29. The van der Waals surface area contributed by atoms with Gasteiger partial charge in [0.1, 0.15) is 6.67 Å². The van der Waals surface area contributed by atoms with E-state index < -0.39 is 33.2 Å². The summed E-state index contributed by atoms with van der Waals surface area (Å²) in [6.07, 6.45) is -3.21. The minimum absolute atomic E-state index is 0.0520. The van der Waals surface area contributed by atoms with Crippen molar-refractivity contribution in [2.24, 2.45) is 0 Å². The number of carbonyl (C=O) groups is 1. The maximum Gasteiger partial charge on any atom is 0.445 e. The van der Waals surface area contributed by atoms with Crippen LogP contribution in [-0.4, -0.2) is 52.5 Å². The summed E-state index contributed by atoms with van der Waals surface area (Å²) in [7, 11) is 1.59. The zero-order valence-corrected chi connectivity index (χ0v) is 13.6. The van der Waals surface area contributed by atoms with Gasteiger partial charge in [-0.15, -0.1) is 5.10 Å². The molecule has 1 saturated heterocycles. The SMILES string of the molecule is CN1CC(OC(=O)c2cccnc2)[N+]([O-])(c2nnc(C(F)(F)F)s2)C1. The summed E-state index contributed by atoms with van der Waals surface area (Å²) in [5.74, 6) is -0.785. The average Bonchev–Trinajstić information content (AvgIpc) is 3.14. The van der Waals surface area contributed by atoms with Gasteiger partial charge >= 0.3 is 17.3 Å². The van der Waals surface area contributed by atoms with Gasteiger partial charge in [-0.05, 0) is 30.5 Å². The number of quaternary nitrogens is 1. The van der Waals surface area contributed by atoms with Crippen LogP contribution in [0.4, 0.5) is 18.3 Å². The third-order valence-electron chi connectivity index (χ3n) is 3.51. The molecule has 0 bridgehead atoms. The van der Waals surface area contributed by atoms with Gasteiger partial charge in [0.15, 0.2) is 0 Å². The zero-order chi connectivity index (χ0) is 18.2. The Labute approximate surface area is 143 Å². The summed E-state index contributed by atoms with van der Waals surface area (Å²) < 4.78 is 42.0. The Bertz CT molecular complexity index is 772. The monoisotopic (exact) mass is 375 g/mol. The molecule has 1 aliphatic rings. The minimum atomic E-state index is -4.69. The molecule has 2 unspecified atom stereocenters. The van der Waals surface area contributed by atoms with E-state index in [0.29, 0.717) is 0 Å². The van der Waals surface area contributed by atoms with E-state index in [1.807, 2.05) is 0 Å². The highest BCUT2D eigenvalue weighted by Gasteiger charge is 2.47. The van der Waals surface area contributed by atoms with Crippen LogP contribution in [0.1, 0.15) is 15.4 Å². The van der Waals surface area contributed by atoms with Gasteiger partial charge in [-0.3, -0.25) is 9.63 Å². The number of carbonyl (C=O) groups excluding carboxylic acids is 1. The van der Waals surface area contributed by atoms with Gasteiger partial charge in [0, 0.05) is 12.4 Å². The van der Waals surface area contributed by atoms with E-state index in [1.54, 1.807) is 11.9 Å². The van der Waals surface area contributed by atoms with E-state index in [0.717, 1.165) is 0 Å².